The van der Waals surface area contributed by atoms with E-state index in [0.29, 0.717) is 12.5 Å². The highest BCUT2D eigenvalue weighted by molar-refractivity contribution is 5.56. The number of carbonyl (C=O) groups is 1. The van der Waals surface area contributed by atoms with E-state index in [1.54, 1.807) is 0 Å². The quantitative estimate of drug-likeness (QED) is 0.492. The SMILES string of the molecule is CCCCCC(CC)COC(=O)O. The van der Waals surface area contributed by atoms with Crippen LogP contribution >= 0.6 is 0 Å². The van der Waals surface area contributed by atoms with Gasteiger partial charge in [0.1, 0.15) is 0 Å². The van der Waals surface area contributed by atoms with Crippen LogP contribution in [0.25, 0.3) is 0 Å². The molecule has 78 valence electrons. The van der Waals surface area contributed by atoms with Crippen LogP contribution in [0.4, 0.5) is 4.79 Å². The molecule has 1 unspecified atom stereocenters. The molecule has 0 aromatic carbocycles. The molecule has 0 bridgehead atoms. The van der Waals surface area contributed by atoms with Crippen LogP contribution in [-0.2, 0) is 4.74 Å². The van der Waals surface area contributed by atoms with Crippen molar-refractivity contribution in [2.24, 2.45) is 5.92 Å². The average Bonchev–Trinajstić information content (AvgIpc) is 2.10. The van der Waals surface area contributed by atoms with Crippen LogP contribution in [0.1, 0.15) is 46.0 Å². The maximum absolute atomic E-state index is 10.1. The first-order chi connectivity index (χ1) is 6.20. The van der Waals surface area contributed by atoms with E-state index in [1.807, 2.05) is 0 Å². The second-order valence-electron chi connectivity index (χ2n) is 3.35. The summed E-state index contributed by atoms with van der Waals surface area (Å²) in [4.78, 5) is 10.1. The van der Waals surface area contributed by atoms with Gasteiger partial charge < -0.3 is 9.84 Å². The van der Waals surface area contributed by atoms with Crippen LogP contribution in [0.5, 0.6) is 0 Å². The van der Waals surface area contributed by atoms with Crippen molar-refractivity contribution < 1.29 is 14.6 Å². The van der Waals surface area contributed by atoms with Gasteiger partial charge >= 0.3 is 6.16 Å². The van der Waals surface area contributed by atoms with Gasteiger partial charge in [-0.15, -0.1) is 0 Å². The molecule has 0 radical (unpaired) electrons. The molecule has 3 nitrogen and oxygen atoms in total. The van der Waals surface area contributed by atoms with E-state index in [-0.39, 0.29) is 0 Å². The molecular weight excluding hydrogens is 168 g/mol. The normalized spacial score (nSPS) is 12.5. The van der Waals surface area contributed by atoms with Crippen molar-refractivity contribution in [1.29, 1.82) is 0 Å². The number of hydrogen-bond donors (Lipinski definition) is 1. The van der Waals surface area contributed by atoms with Crippen molar-refractivity contribution in [3.63, 3.8) is 0 Å². The van der Waals surface area contributed by atoms with Crippen molar-refractivity contribution in [3.8, 4) is 0 Å². The molecule has 0 fully saturated rings. The topological polar surface area (TPSA) is 46.5 Å². The van der Waals surface area contributed by atoms with Gasteiger partial charge in [-0.05, 0) is 12.3 Å². The van der Waals surface area contributed by atoms with Gasteiger partial charge in [0.05, 0.1) is 6.61 Å². The zero-order valence-corrected chi connectivity index (χ0v) is 8.58. The molecule has 13 heavy (non-hydrogen) atoms. The Labute approximate surface area is 80.1 Å². The summed E-state index contributed by atoms with van der Waals surface area (Å²) in [6, 6.07) is 0. The molecule has 0 aliphatic rings. The van der Waals surface area contributed by atoms with Crippen LogP contribution in [0.3, 0.4) is 0 Å². The summed E-state index contributed by atoms with van der Waals surface area (Å²) in [5, 5.41) is 8.31. The van der Waals surface area contributed by atoms with Crippen molar-refractivity contribution in [2.75, 3.05) is 6.61 Å². The lowest BCUT2D eigenvalue weighted by Crippen LogP contribution is -2.12. The predicted molar refractivity (Wildman–Crippen MR) is 51.9 cm³/mol. The summed E-state index contributed by atoms with van der Waals surface area (Å²) >= 11 is 0. The largest absolute Gasteiger partial charge is 0.505 e. The Morgan fingerprint density at radius 2 is 2.08 bits per heavy atom. The van der Waals surface area contributed by atoms with Gasteiger partial charge in [-0.25, -0.2) is 4.79 Å². The van der Waals surface area contributed by atoms with Gasteiger partial charge in [-0.3, -0.25) is 0 Å². The maximum Gasteiger partial charge on any atom is 0.505 e. The highest BCUT2D eigenvalue weighted by Crippen LogP contribution is 2.13. The highest BCUT2D eigenvalue weighted by Gasteiger charge is 2.08. The van der Waals surface area contributed by atoms with E-state index in [4.69, 9.17) is 5.11 Å². The van der Waals surface area contributed by atoms with Crippen LogP contribution in [0, 0.1) is 5.92 Å². The lowest BCUT2D eigenvalue weighted by atomic mass is 10.00. The summed E-state index contributed by atoms with van der Waals surface area (Å²) in [5.74, 6) is 0.405. The fraction of sp³-hybridized carbons (Fsp3) is 0.900. The second-order valence-corrected chi connectivity index (χ2v) is 3.35. The standard InChI is InChI=1S/C10H20O3/c1-3-5-6-7-9(4-2)8-13-10(11)12/h9H,3-8H2,1-2H3,(H,11,12). The van der Waals surface area contributed by atoms with E-state index in [9.17, 15) is 4.79 Å². The van der Waals surface area contributed by atoms with E-state index in [0.717, 1.165) is 12.8 Å². The van der Waals surface area contributed by atoms with Crippen molar-refractivity contribution in [1.82, 2.24) is 0 Å². The number of carboxylic acid groups (broad SMARTS) is 1. The summed E-state index contributed by atoms with van der Waals surface area (Å²) in [7, 11) is 0. The Morgan fingerprint density at radius 1 is 1.38 bits per heavy atom. The van der Waals surface area contributed by atoms with Crippen LogP contribution in [0.15, 0.2) is 0 Å². The predicted octanol–water partition coefficient (Wildman–Crippen LogP) is 3.29. The Balaban J connectivity index is 3.45. The van der Waals surface area contributed by atoms with Gasteiger partial charge in [-0.1, -0.05) is 39.5 Å². The second kappa shape index (κ2) is 7.90. The Kier molecular flexibility index (Phi) is 7.45. The molecule has 0 saturated heterocycles. The smallest absolute Gasteiger partial charge is 0.450 e. The van der Waals surface area contributed by atoms with E-state index >= 15 is 0 Å². The molecule has 0 aliphatic carbocycles. The lowest BCUT2D eigenvalue weighted by Gasteiger charge is -2.12. The first-order valence-electron chi connectivity index (χ1n) is 5.06. The minimum atomic E-state index is -1.16. The van der Waals surface area contributed by atoms with Crippen molar-refractivity contribution in [3.05, 3.63) is 0 Å². The van der Waals surface area contributed by atoms with E-state index < -0.39 is 6.16 Å². The van der Waals surface area contributed by atoms with Crippen molar-refractivity contribution >= 4 is 6.16 Å². The Bertz CT molecular complexity index is 134. The summed E-state index contributed by atoms with van der Waals surface area (Å²) in [6.45, 7) is 4.59. The molecule has 0 aromatic heterocycles. The number of hydrogen-bond acceptors (Lipinski definition) is 2. The zero-order chi connectivity index (χ0) is 10.1. The molecule has 1 atom stereocenters. The average molecular weight is 188 g/mol. The van der Waals surface area contributed by atoms with Gasteiger partial charge in [-0.2, -0.15) is 0 Å². The fourth-order valence-electron chi connectivity index (χ4n) is 1.28. The molecule has 1 N–H and O–H groups in total. The van der Waals surface area contributed by atoms with Crippen LogP contribution < -0.4 is 0 Å². The minimum Gasteiger partial charge on any atom is -0.450 e. The molecule has 0 spiro atoms. The first-order valence-corrected chi connectivity index (χ1v) is 5.06. The summed E-state index contributed by atoms with van der Waals surface area (Å²) in [5.41, 5.74) is 0. The maximum atomic E-state index is 10.1. The summed E-state index contributed by atoms with van der Waals surface area (Å²) in [6.07, 6.45) is 4.53. The van der Waals surface area contributed by atoms with Gasteiger partial charge in [0.2, 0.25) is 0 Å². The summed E-state index contributed by atoms with van der Waals surface area (Å²) < 4.78 is 4.54. The minimum absolute atomic E-state index is 0.357. The Hall–Kier alpha value is -0.730. The van der Waals surface area contributed by atoms with E-state index in [2.05, 4.69) is 18.6 Å². The van der Waals surface area contributed by atoms with Crippen molar-refractivity contribution in [2.45, 2.75) is 46.0 Å². The molecule has 0 amide bonds. The molecule has 0 heterocycles. The molecule has 0 aromatic rings. The molecule has 3 heteroatoms. The van der Waals surface area contributed by atoms with Crippen LogP contribution in [0.2, 0.25) is 0 Å². The zero-order valence-electron chi connectivity index (χ0n) is 8.58. The van der Waals surface area contributed by atoms with Gasteiger partial charge in [0, 0.05) is 0 Å². The number of ether oxygens (including phenoxy) is 1. The Morgan fingerprint density at radius 3 is 2.54 bits per heavy atom. The third-order valence-corrected chi connectivity index (χ3v) is 2.24. The molecule has 0 saturated carbocycles. The molecular formula is C10H20O3. The third kappa shape index (κ3) is 7.62. The first kappa shape index (κ1) is 12.3. The number of unbranched alkanes of at least 4 members (excludes halogenated alkanes) is 2. The lowest BCUT2D eigenvalue weighted by molar-refractivity contribution is 0.0743. The monoisotopic (exact) mass is 188 g/mol. The van der Waals surface area contributed by atoms with Crippen LogP contribution in [-0.4, -0.2) is 17.9 Å². The van der Waals surface area contributed by atoms with Gasteiger partial charge in [0.15, 0.2) is 0 Å². The molecule has 0 aliphatic heterocycles. The highest BCUT2D eigenvalue weighted by atomic mass is 16.7. The van der Waals surface area contributed by atoms with Gasteiger partial charge in [0.25, 0.3) is 0 Å². The van der Waals surface area contributed by atoms with E-state index in [1.165, 1.54) is 19.3 Å². The number of rotatable bonds is 7. The third-order valence-electron chi connectivity index (χ3n) is 2.24. The molecule has 0 rings (SSSR count). The fourth-order valence-corrected chi connectivity index (χ4v) is 1.28.